The van der Waals surface area contributed by atoms with Crippen molar-refractivity contribution in [3.63, 3.8) is 0 Å². The Balaban J connectivity index is 2.27. The van der Waals surface area contributed by atoms with Gasteiger partial charge >= 0.3 is 0 Å². The van der Waals surface area contributed by atoms with Gasteiger partial charge in [0.05, 0.1) is 5.02 Å². The molecule has 0 saturated heterocycles. The van der Waals surface area contributed by atoms with Gasteiger partial charge in [-0.3, -0.25) is 0 Å². The molecule has 0 spiro atoms. The third-order valence-electron chi connectivity index (χ3n) is 2.74. The molecule has 1 heterocycles. The van der Waals surface area contributed by atoms with Crippen molar-refractivity contribution in [1.29, 1.82) is 0 Å². The van der Waals surface area contributed by atoms with Crippen LogP contribution in [0.15, 0.2) is 18.2 Å². The van der Waals surface area contributed by atoms with Crippen LogP contribution in [0, 0.1) is 0 Å². The van der Waals surface area contributed by atoms with Gasteiger partial charge in [-0.1, -0.05) is 31.4 Å². The van der Waals surface area contributed by atoms with E-state index in [0.29, 0.717) is 16.5 Å². The molecule has 0 aliphatic carbocycles. The number of nitrogens with zero attached hydrogens (tertiary/aromatic N) is 4. The quantitative estimate of drug-likeness (QED) is 0.667. The fourth-order valence-electron chi connectivity index (χ4n) is 1.77. The number of nitrogen functional groups attached to an aromatic ring is 1. The molecule has 0 fully saturated rings. The Morgan fingerprint density at radius 1 is 1.33 bits per heavy atom. The Morgan fingerprint density at radius 2 is 2.17 bits per heavy atom. The zero-order valence-electron chi connectivity index (χ0n) is 10.3. The second-order valence-electron chi connectivity index (χ2n) is 4.17. The van der Waals surface area contributed by atoms with Crippen LogP contribution in [-0.2, 0) is 6.54 Å². The van der Waals surface area contributed by atoms with Crippen molar-refractivity contribution in [3.05, 3.63) is 23.2 Å². The van der Waals surface area contributed by atoms with E-state index in [1.165, 1.54) is 0 Å². The number of halogens is 1. The van der Waals surface area contributed by atoms with Crippen LogP contribution in [0.1, 0.15) is 26.2 Å². The summed E-state index contributed by atoms with van der Waals surface area (Å²) in [6.07, 6.45) is 3.37. The minimum absolute atomic E-state index is 0.607. The van der Waals surface area contributed by atoms with E-state index in [0.717, 1.165) is 31.4 Å². The summed E-state index contributed by atoms with van der Waals surface area (Å²) < 4.78 is 1.77. The summed E-state index contributed by atoms with van der Waals surface area (Å²) in [5.41, 5.74) is 7.20. The Bertz CT molecular complexity index is 523. The summed E-state index contributed by atoms with van der Waals surface area (Å²) in [4.78, 5) is 0. The molecule has 96 valence electrons. The van der Waals surface area contributed by atoms with Gasteiger partial charge < -0.3 is 5.73 Å². The highest BCUT2D eigenvalue weighted by atomic mass is 35.5. The van der Waals surface area contributed by atoms with E-state index in [1.54, 1.807) is 22.9 Å². The second kappa shape index (κ2) is 5.82. The molecule has 0 saturated carbocycles. The number of benzene rings is 1. The molecule has 6 heteroatoms. The highest BCUT2D eigenvalue weighted by Gasteiger charge is 2.12. The lowest BCUT2D eigenvalue weighted by Gasteiger charge is -2.06. The van der Waals surface area contributed by atoms with Gasteiger partial charge in [0, 0.05) is 17.8 Å². The molecular formula is C12H16ClN5. The smallest absolute Gasteiger partial charge is 0.183 e. The first-order valence-electron chi connectivity index (χ1n) is 6.04. The van der Waals surface area contributed by atoms with Gasteiger partial charge in [-0.05, 0) is 35.0 Å². The number of rotatable bonds is 5. The van der Waals surface area contributed by atoms with E-state index in [9.17, 15) is 0 Å². The van der Waals surface area contributed by atoms with Gasteiger partial charge in [0.2, 0.25) is 0 Å². The van der Waals surface area contributed by atoms with Crippen LogP contribution in [0.3, 0.4) is 0 Å². The van der Waals surface area contributed by atoms with Crippen LogP contribution in [0.25, 0.3) is 11.4 Å². The van der Waals surface area contributed by atoms with Crippen molar-refractivity contribution in [1.82, 2.24) is 20.2 Å². The lowest BCUT2D eigenvalue weighted by molar-refractivity contribution is 0.541. The summed E-state index contributed by atoms with van der Waals surface area (Å²) in [6.45, 7) is 2.95. The van der Waals surface area contributed by atoms with Crippen molar-refractivity contribution < 1.29 is 0 Å². The molecule has 2 N–H and O–H groups in total. The molecule has 1 aromatic heterocycles. The Morgan fingerprint density at radius 3 is 2.94 bits per heavy atom. The maximum Gasteiger partial charge on any atom is 0.183 e. The van der Waals surface area contributed by atoms with Crippen LogP contribution >= 0.6 is 11.6 Å². The molecule has 0 unspecified atom stereocenters. The standard InChI is InChI=1S/C12H16ClN5/c1-2-3-4-7-18-12(15-16-17-18)10-8-9(14)5-6-11(10)13/h5-6,8H,2-4,7,14H2,1H3. The number of hydrogen-bond donors (Lipinski definition) is 1. The minimum atomic E-state index is 0.607. The predicted molar refractivity (Wildman–Crippen MR) is 72.2 cm³/mol. The van der Waals surface area contributed by atoms with Gasteiger partial charge in [-0.2, -0.15) is 0 Å². The number of aryl methyl sites for hydroxylation is 1. The molecule has 0 aliphatic heterocycles. The number of tetrazole rings is 1. The molecule has 2 aromatic rings. The van der Waals surface area contributed by atoms with E-state index in [2.05, 4.69) is 22.4 Å². The van der Waals surface area contributed by atoms with Crippen molar-refractivity contribution in [2.24, 2.45) is 0 Å². The highest BCUT2D eigenvalue weighted by Crippen LogP contribution is 2.27. The number of aromatic nitrogens is 4. The minimum Gasteiger partial charge on any atom is -0.399 e. The molecule has 0 amide bonds. The highest BCUT2D eigenvalue weighted by molar-refractivity contribution is 6.33. The van der Waals surface area contributed by atoms with Crippen molar-refractivity contribution in [3.8, 4) is 11.4 Å². The third-order valence-corrected chi connectivity index (χ3v) is 3.07. The van der Waals surface area contributed by atoms with E-state index >= 15 is 0 Å². The maximum absolute atomic E-state index is 6.16. The fraction of sp³-hybridized carbons (Fsp3) is 0.417. The predicted octanol–water partition coefficient (Wildman–Crippen LogP) is 2.77. The summed E-state index contributed by atoms with van der Waals surface area (Å²) >= 11 is 6.16. The van der Waals surface area contributed by atoms with Crippen molar-refractivity contribution >= 4 is 17.3 Å². The molecule has 18 heavy (non-hydrogen) atoms. The van der Waals surface area contributed by atoms with Gasteiger partial charge in [0.25, 0.3) is 0 Å². The molecular weight excluding hydrogens is 250 g/mol. The molecule has 0 radical (unpaired) electrons. The van der Waals surface area contributed by atoms with Crippen LogP contribution in [0.2, 0.25) is 5.02 Å². The van der Waals surface area contributed by atoms with Crippen molar-refractivity contribution in [2.75, 3.05) is 5.73 Å². The first-order valence-corrected chi connectivity index (χ1v) is 6.41. The summed E-state index contributed by atoms with van der Waals surface area (Å²) in [5.74, 6) is 0.670. The number of hydrogen-bond acceptors (Lipinski definition) is 4. The Labute approximate surface area is 111 Å². The van der Waals surface area contributed by atoms with E-state index < -0.39 is 0 Å². The lowest BCUT2D eigenvalue weighted by Crippen LogP contribution is -2.03. The number of anilines is 1. The average Bonchev–Trinajstić information content (AvgIpc) is 2.81. The third kappa shape index (κ3) is 2.79. The largest absolute Gasteiger partial charge is 0.399 e. The Kier molecular flexibility index (Phi) is 4.15. The molecule has 0 aliphatic rings. The lowest BCUT2D eigenvalue weighted by atomic mass is 10.2. The van der Waals surface area contributed by atoms with E-state index in [-0.39, 0.29) is 0 Å². The van der Waals surface area contributed by atoms with Crippen LogP contribution in [0.5, 0.6) is 0 Å². The zero-order chi connectivity index (χ0) is 13.0. The fourth-order valence-corrected chi connectivity index (χ4v) is 1.98. The van der Waals surface area contributed by atoms with E-state index in [1.807, 2.05) is 0 Å². The molecule has 0 atom stereocenters. The van der Waals surface area contributed by atoms with Gasteiger partial charge in [-0.25, -0.2) is 4.68 Å². The van der Waals surface area contributed by atoms with Crippen molar-refractivity contribution in [2.45, 2.75) is 32.7 Å². The van der Waals surface area contributed by atoms with Gasteiger partial charge in [-0.15, -0.1) is 5.10 Å². The van der Waals surface area contributed by atoms with E-state index in [4.69, 9.17) is 17.3 Å². The van der Waals surface area contributed by atoms with Gasteiger partial charge in [0.15, 0.2) is 5.82 Å². The zero-order valence-corrected chi connectivity index (χ0v) is 11.1. The molecule has 0 bridgehead atoms. The average molecular weight is 266 g/mol. The van der Waals surface area contributed by atoms with Crippen LogP contribution < -0.4 is 5.73 Å². The van der Waals surface area contributed by atoms with Gasteiger partial charge in [0.1, 0.15) is 0 Å². The molecule has 5 nitrogen and oxygen atoms in total. The van der Waals surface area contributed by atoms with Crippen LogP contribution in [0.4, 0.5) is 5.69 Å². The first-order chi connectivity index (χ1) is 8.72. The second-order valence-corrected chi connectivity index (χ2v) is 4.58. The summed E-state index contributed by atoms with van der Waals surface area (Å²) in [7, 11) is 0. The monoisotopic (exact) mass is 265 g/mol. The molecule has 2 rings (SSSR count). The number of unbranched alkanes of at least 4 members (excludes halogenated alkanes) is 2. The molecule has 1 aromatic carbocycles. The normalized spacial score (nSPS) is 10.8. The van der Waals surface area contributed by atoms with Crippen LogP contribution in [-0.4, -0.2) is 20.2 Å². The first kappa shape index (κ1) is 12.8. The topological polar surface area (TPSA) is 69.6 Å². The maximum atomic E-state index is 6.16. The SMILES string of the molecule is CCCCCn1nnnc1-c1cc(N)ccc1Cl. The summed E-state index contributed by atoms with van der Waals surface area (Å²) in [6, 6.07) is 5.32. The summed E-state index contributed by atoms with van der Waals surface area (Å²) in [5, 5.41) is 12.3. The number of nitrogens with two attached hydrogens (primary N) is 1. The Hall–Kier alpha value is -1.62.